The molecular weight excluding hydrogens is 234 g/mol. The Hall–Kier alpha value is -0.540. The third-order valence-electron chi connectivity index (χ3n) is 3.74. The standard InChI is InChI=1S/C13H22ClN3/c1-10-4-3-5-12(8-10)15-6-7-17-11(2)13(14)9-16-17/h9-10,12,15H,3-8H2,1-2H3. The molecule has 0 spiro atoms. The Morgan fingerprint density at radius 1 is 1.53 bits per heavy atom. The van der Waals surface area contributed by atoms with Gasteiger partial charge in [0.05, 0.1) is 23.5 Å². The van der Waals surface area contributed by atoms with Crippen LogP contribution in [0.4, 0.5) is 0 Å². The van der Waals surface area contributed by atoms with Gasteiger partial charge in [0, 0.05) is 12.6 Å². The lowest BCUT2D eigenvalue weighted by atomic mass is 9.87. The molecule has 1 aliphatic carbocycles. The second-order valence-corrected chi connectivity index (χ2v) is 5.63. The fourth-order valence-corrected chi connectivity index (χ4v) is 2.78. The Labute approximate surface area is 109 Å². The molecule has 3 nitrogen and oxygen atoms in total. The first-order chi connectivity index (χ1) is 8.16. The summed E-state index contributed by atoms with van der Waals surface area (Å²) >= 11 is 5.97. The maximum atomic E-state index is 5.97. The molecule has 2 unspecified atom stereocenters. The Morgan fingerprint density at radius 2 is 2.35 bits per heavy atom. The van der Waals surface area contributed by atoms with E-state index in [1.807, 2.05) is 11.6 Å². The lowest BCUT2D eigenvalue weighted by molar-refractivity contribution is 0.298. The summed E-state index contributed by atoms with van der Waals surface area (Å²) in [5.41, 5.74) is 1.06. The van der Waals surface area contributed by atoms with Crippen LogP contribution in [-0.4, -0.2) is 22.4 Å². The topological polar surface area (TPSA) is 29.9 Å². The molecule has 1 aliphatic rings. The molecule has 17 heavy (non-hydrogen) atoms. The Balaban J connectivity index is 1.74. The van der Waals surface area contributed by atoms with Gasteiger partial charge in [-0.2, -0.15) is 5.10 Å². The minimum Gasteiger partial charge on any atom is -0.312 e. The highest BCUT2D eigenvalue weighted by molar-refractivity contribution is 6.31. The van der Waals surface area contributed by atoms with Gasteiger partial charge in [-0.15, -0.1) is 0 Å². The minimum atomic E-state index is 0.699. The first-order valence-corrected chi connectivity index (χ1v) is 6.96. The van der Waals surface area contributed by atoms with Crippen LogP contribution < -0.4 is 5.32 Å². The van der Waals surface area contributed by atoms with Crippen molar-refractivity contribution in [2.24, 2.45) is 5.92 Å². The van der Waals surface area contributed by atoms with Crippen LogP contribution in [0.15, 0.2) is 6.20 Å². The predicted molar refractivity (Wildman–Crippen MR) is 71.4 cm³/mol. The highest BCUT2D eigenvalue weighted by Crippen LogP contribution is 2.23. The molecule has 4 heteroatoms. The molecule has 1 N–H and O–H groups in total. The van der Waals surface area contributed by atoms with Crippen LogP contribution in [0.1, 0.15) is 38.3 Å². The molecule has 0 amide bonds. The van der Waals surface area contributed by atoms with Crippen molar-refractivity contribution in [2.45, 2.75) is 52.1 Å². The fourth-order valence-electron chi connectivity index (χ4n) is 2.64. The Morgan fingerprint density at radius 3 is 3.00 bits per heavy atom. The second kappa shape index (κ2) is 5.87. The molecule has 0 radical (unpaired) electrons. The van der Waals surface area contributed by atoms with E-state index in [2.05, 4.69) is 17.3 Å². The number of aromatic nitrogens is 2. The molecule has 1 saturated carbocycles. The minimum absolute atomic E-state index is 0.699. The van der Waals surface area contributed by atoms with Gasteiger partial charge in [0.25, 0.3) is 0 Å². The van der Waals surface area contributed by atoms with Gasteiger partial charge < -0.3 is 5.32 Å². The maximum Gasteiger partial charge on any atom is 0.0814 e. The smallest absolute Gasteiger partial charge is 0.0814 e. The van der Waals surface area contributed by atoms with Crippen molar-refractivity contribution in [2.75, 3.05) is 6.54 Å². The number of nitrogens with one attached hydrogen (secondary N) is 1. The zero-order valence-corrected chi connectivity index (χ0v) is 11.5. The van der Waals surface area contributed by atoms with Gasteiger partial charge >= 0.3 is 0 Å². The first kappa shape index (κ1) is 12.9. The molecule has 1 aromatic rings. The number of nitrogens with zero attached hydrogens (tertiary/aromatic N) is 2. The molecule has 2 rings (SSSR count). The lowest BCUT2D eigenvalue weighted by Crippen LogP contribution is -2.35. The molecule has 1 aromatic heterocycles. The molecule has 0 aromatic carbocycles. The quantitative estimate of drug-likeness (QED) is 0.896. The molecule has 96 valence electrons. The largest absolute Gasteiger partial charge is 0.312 e. The average Bonchev–Trinajstić information content (AvgIpc) is 2.61. The van der Waals surface area contributed by atoms with Gasteiger partial charge in [0.1, 0.15) is 0 Å². The molecule has 0 saturated heterocycles. The molecule has 0 aliphatic heterocycles. The summed E-state index contributed by atoms with van der Waals surface area (Å²) in [4.78, 5) is 0. The molecule has 1 heterocycles. The van der Waals surface area contributed by atoms with Gasteiger partial charge in [-0.1, -0.05) is 31.4 Å². The van der Waals surface area contributed by atoms with E-state index in [4.69, 9.17) is 11.6 Å². The Bertz CT molecular complexity index is 362. The van der Waals surface area contributed by atoms with Crippen LogP contribution in [0.25, 0.3) is 0 Å². The van der Waals surface area contributed by atoms with Crippen LogP contribution in [0.5, 0.6) is 0 Å². The summed E-state index contributed by atoms with van der Waals surface area (Å²) < 4.78 is 1.97. The normalized spacial score (nSPS) is 25.1. The zero-order chi connectivity index (χ0) is 12.3. The summed E-state index contributed by atoms with van der Waals surface area (Å²) in [5, 5.41) is 8.65. The zero-order valence-electron chi connectivity index (χ0n) is 10.7. The van der Waals surface area contributed by atoms with Gasteiger partial charge in [-0.05, 0) is 25.7 Å². The number of hydrogen-bond acceptors (Lipinski definition) is 2. The highest BCUT2D eigenvalue weighted by Gasteiger charge is 2.17. The monoisotopic (exact) mass is 255 g/mol. The predicted octanol–water partition coefficient (Wildman–Crippen LogP) is 3.01. The van der Waals surface area contributed by atoms with E-state index >= 15 is 0 Å². The fraction of sp³-hybridized carbons (Fsp3) is 0.769. The van der Waals surface area contributed by atoms with Crippen molar-refractivity contribution >= 4 is 11.6 Å². The van der Waals surface area contributed by atoms with E-state index in [1.165, 1.54) is 25.7 Å². The van der Waals surface area contributed by atoms with Crippen LogP contribution >= 0.6 is 11.6 Å². The van der Waals surface area contributed by atoms with E-state index < -0.39 is 0 Å². The summed E-state index contributed by atoms with van der Waals surface area (Å²) in [6.07, 6.45) is 7.12. The molecule has 0 bridgehead atoms. The highest BCUT2D eigenvalue weighted by atomic mass is 35.5. The maximum absolute atomic E-state index is 5.97. The summed E-state index contributed by atoms with van der Waals surface area (Å²) in [6.45, 7) is 6.25. The van der Waals surface area contributed by atoms with Crippen LogP contribution in [0, 0.1) is 12.8 Å². The number of halogens is 1. The van der Waals surface area contributed by atoms with Crippen molar-refractivity contribution in [3.05, 3.63) is 16.9 Å². The summed E-state index contributed by atoms with van der Waals surface area (Å²) in [7, 11) is 0. The summed E-state index contributed by atoms with van der Waals surface area (Å²) in [6, 6.07) is 0.699. The lowest BCUT2D eigenvalue weighted by Gasteiger charge is -2.27. The van der Waals surface area contributed by atoms with Gasteiger partial charge in [0.15, 0.2) is 0 Å². The molecule has 1 fully saturated rings. The second-order valence-electron chi connectivity index (χ2n) is 5.22. The van der Waals surface area contributed by atoms with E-state index in [0.29, 0.717) is 6.04 Å². The van der Waals surface area contributed by atoms with Gasteiger partial charge in [-0.3, -0.25) is 4.68 Å². The SMILES string of the molecule is Cc1c(Cl)cnn1CCNC1CCCC(C)C1. The van der Waals surface area contributed by atoms with E-state index in [-0.39, 0.29) is 0 Å². The van der Waals surface area contributed by atoms with Crippen molar-refractivity contribution in [3.8, 4) is 0 Å². The average molecular weight is 256 g/mol. The summed E-state index contributed by atoms with van der Waals surface area (Å²) in [5.74, 6) is 0.877. The first-order valence-electron chi connectivity index (χ1n) is 6.58. The number of rotatable bonds is 4. The van der Waals surface area contributed by atoms with E-state index in [1.54, 1.807) is 6.20 Å². The third kappa shape index (κ3) is 3.46. The van der Waals surface area contributed by atoms with Crippen LogP contribution in [-0.2, 0) is 6.54 Å². The van der Waals surface area contributed by atoms with Gasteiger partial charge in [0.2, 0.25) is 0 Å². The van der Waals surface area contributed by atoms with Crippen LogP contribution in [0.3, 0.4) is 0 Å². The third-order valence-corrected chi connectivity index (χ3v) is 4.11. The van der Waals surface area contributed by atoms with E-state index in [9.17, 15) is 0 Å². The van der Waals surface area contributed by atoms with Crippen molar-refractivity contribution < 1.29 is 0 Å². The van der Waals surface area contributed by atoms with Crippen molar-refractivity contribution in [1.29, 1.82) is 0 Å². The van der Waals surface area contributed by atoms with Crippen molar-refractivity contribution in [1.82, 2.24) is 15.1 Å². The van der Waals surface area contributed by atoms with E-state index in [0.717, 1.165) is 29.7 Å². The van der Waals surface area contributed by atoms with Crippen LogP contribution in [0.2, 0.25) is 5.02 Å². The Kier molecular flexibility index (Phi) is 4.46. The van der Waals surface area contributed by atoms with Gasteiger partial charge in [-0.25, -0.2) is 0 Å². The van der Waals surface area contributed by atoms with Crippen molar-refractivity contribution in [3.63, 3.8) is 0 Å². The molecular formula is C13H22ClN3. The molecule has 2 atom stereocenters. The number of hydrogen-bond donors (Lipinski definition) is 1.